The number of methoxy groups -OCH3 is 2. The van der Waals surface area contributed by atoms with Crippen molar-refractivity contribution in [3.8, 4) is 11.5 Å². The van der Waals surface area contributed by atoms with Gasteiger partial charge in [-0.05, 0) is 12.1 Å². The van der Waals surface area contributed by atoms with Gasteiger partial charge in [-0.2, -0.15) is 0 Å². The molecule has 2 N–H and O–H groups in total. The molecule has 1 aromatic carbocycles. The minimum absolute atomic E-state index is 0.732. The van der Waals surface area contributed by atoms with Crippen LogP contribution in [0.2, 0.25) is 0 Å². The van der Waals surface area contributed by atoms with Gasteiger partial charge in [-0.25, -0.2) is 0 Å². The van der Waals surface area contributed by atoms with Crippen molar-refractivity contribution in [2.45, 2.75) is 0 Å². The van der Waals surface area contributed by atoms with Gasteiger partial charge in [-0.1, -0.05) is 6.07 Å². The van der Waals surface area contributed by atoms with Crippen LogP contribution >= 0.6 is 0 Å². The molecule has 0 bridgehead atoms. The van der Waals surface area contributed by atoms with E-state index in [0.29, 0.717) is 0 Å². The molecule has 2 rings (SSSR count). The van der Waals surface area contributed by atoms with Crippen molar-refractivity contribution < 1.29 is 9.47 Å². The maximum absolute atomic E-state index is 5.27. The lowest BCUT2D eigenvalue weighted by Crippen LogP contribution is -2.26. The molecule has 0 radical (unpaired) electrons. The Morgan fingerprint density at radius 2 is 1.94 bits per heavy atom. The van der Waals surface area contributed by atoms with Gasteiger partial charge in [0.1, 0.15) is 17.2 Å². The zero-order chi connectivity index (χ0) is 11.4. The lowest BCUT2D eigenvalue weighted by atomic mass is 10.2. The first kappa shape index (κ1) is 10.6. The molecule has 0 saturated heterocycles. The summed E-state index contributed by atoms with van der Waals surface area (Å²) in [6.45, 7) is 1.65. The fourth-order valence-corrected chi connectivity index (χ4v) is 1.57. The summed E-state index contributed by atoms with van der Waals surface area (Å²) in [5.41, 5.74) is 0.792. The minimum atomic E-state index is 0.732. The molecule has 1 aromatic rings. The third-order valence-corrected chi connectivity index (χ3v) is 2.35. The third kappa shape index (κ3) is 2.03. The normalized spacial score (nSPS) is 14.0. The van der Waals surface area contributed by atoms with Crippen molar-refractivity contribution in [3.05, 3.63) is 18.2 Å². The van der Waals surface area contributed by atoms with E-state index < -0.39 is 0 Å². The number of nitrogens with one attached hydrogen (secondary N) is 2. The Hall–Kier alpha value is -1.91. The summed E-state index contributed by atoms with van der Waals surface area (Å²) >= 11 is 0. The zero-order valence-electron chi connectivity index (χ0n) is 9.41. The number of guanidine groups is 1. The van der Waals surface area contributed by atoms with Crippen LogP contribution < -0.4 is 20.1 Å². The predicted octanol–water partition coefficient (Wildman–Crippen LogP) is 1.07. The van der Waals surface area contributed by atoms with E-state index in [1.54, 1.807) is 14.2 Å². The summed E-state index contributed by atoms with van der Waals surface area (Å²) in [4.78, 5) is 4.27. The summed E-state index contributed by atoms with van der Waals surface area (Å²) < 4.78 is 10.5. The molecular formula is C11H15N3O2. The Bertz CT molecular complexity index is 382. The summed E-state index contributed by atoms with van der Waals surface area (Å²) in [7, 11) is 3.26. The van der Waals surface area contributed by atoms with E-state index in [1.165, 1.54) is 0 Å². The monoisotopic (exact) mass is 221 g/mol. The molecule has 1 aliphatic heterocycles. The predicted molar refractivity (Wildman–Crippen MR) is 63.5 cm³/mol. The smallest absolute Gasteiger partial charge is 0.196 e. The highest BCUT2D eigenvalue weighted by Gasteiger charge is 2.13. The molecule has 0 aliphatic carbocycles. The van der Waals surface area contributed by atoms with Crippen LogP contribution in [0.15, 0.2) is 23.2 Å². The van der Waals surface area contributed by atoms with Crippen LogP contribution in [0.3, 0.4) is 0 Å². The van der Waals surface area contributed by atoms with Gasteiger partial charge in [0, 0.05) is 6.54 Å². The molecule has 0 saturated carbocycles. The van der Waals surface area contributed by atoms with Crippen molar-refractivity contribution >= 4 is 11.6 Å². The van der Waals surface area contributed by atoms with E-state index in [0.717, 1.165) is 36.2 Å². The van der Waals surface area contributed by atoms with Gasteiger partial charge in [-0.15, -0.1) is 0 Å². The lowest BCUT2D eigenvalue weighted by Gasteiger charge is -2.14. The molecule has 16 heavy (non-hydrogen) atoms. The summed E-state index contributed by atoms with van der Waals surface area (Å²) in [5, 5.41) is 6.30. The van der Waals surface area contributed by atoms with Gasteiger partial charge in [0.05, 0.1) is 20.8 Å². The van der Waals surface area contributed by atoms with Crippen molar-refractivity contribution in [1.29, 1.82) is 0 Å². The molecule has 1 aliphatic rings. The third-order valence-electron chi connectivity index (χ3n) is 2.35. The van der Waals surface area contributed by atoms with Crippen LogP contribution in [0, 0.1) is 0 Å². The molecule has 0 fully saturated rings. The van der Waals surface area contributed by atoms with E-state index >= 15 is 0 Å². The van der Waals surface area contributed by atoms with Crippen molar-refractivity contribution in [2.24, 2.45) is 4.99 Å². The van der Waals surface area contributed by atoms with E-state index in [1.807, 2.05) is 18.2 Å². The molecule has 86 valence electrons. The first-order valence-electron chi connectivity index (χ1n) is 5.11. The minimum Gasteiger partial charge on any atom is -0.494 e. The Morgan fingerprint density at radius 1 is 1.25 bits per heavy atom. The number of aliphatic imine (C=N–C) groups is 1. The maximum Gasteiger partial charge on any atom is 0.196 e. The first-order chi connectivity index (χ1) is 7.85. The molecule has 5 nitrogen and oxygen atoms in total. The number of anilines is 1. The Kier molecular flexibility index (Phi) is 3.14. The number of nitrogens with zero attached hydrogens (tertiary/aromatic N) is 1. The summed E-state index contributed by atoms with van der Waals surface area (Å²) in [6, 6.07) is 5.63. The van der Waals surface area contributed by atoms with Gasteiger partial charge in [0.2, 0.25) is 0 Å². The van der Waals surface area contributed by atoms with Gasteiger partial charge in [0.25, 0.3) is 0 Å². The van der Waals surface area contributed by atoms with Crippen LogP contribution in [0.1, 0.15) is 0 Å². The quantitative estimate of drug-likeness (QED) is 0.801. The van der Waals surface area contributed by atoms with Gasteiger partial charge < -0.3 is 20.1 Å². The van der Waals surface area contributed by atoms with Crippen LogP contribution in [-0.2, 0) is 0 Å². The molecule has 1 heterocycles. The molecule has 5 heteroatoms. The molecule has 0 amide bonds. The highest BCUT2D eigenvalue weighted by Crippen LogP contribution is 2.33. The topological polar surface area (TPSA) is 54.9 Å². The van der Waals surface area contributed by atoms with E-state index in [4.69, 9.17) is 9.47 Å². The highest BCUT2D eigenvalue weighted by molar-refractivity contribution is 5.97. The number of hydrogen-bond donors (Lipinski definition) is 2. The number of benzene rings is 1. The molecule has 0 spiro atoms. The zero-order valence-corrected chi connectivity index (χ0v) is 9.41. The lowest BCUT2D eigenvalue weighted by molar-refractivity contribution is 0.398. The first-order valence-corrected chi connectivity index (χ1v) is 5.11. The van der Waals surface area contributed by atoms with Crippen LogP contribution in [-0.4, -0.2) is 33.3 Å². The van der Waals surface area contributed by atoms with Crippen molar-refractivity contribution in [1.82, 2.24) is 5.32 Å². The van der Waals surface area contributed by atoms with Gasteiger partial charge in [0.15, 0.2) is 5.96 Å². The standard InChI is InChI=1S/C11H15N3O2/c1-15-8-4-3-5-9(16-2)10(8)14-11-12-6-7-13-11/h3-5H,6-7H2,1-2H3,(H2,12,13,14). The van der Waals surface area contributed by atoms with E-state index in [9.17, 15) is 0 Å². The van der Waals surface area contributed by atoms with E-state index in [-0.39, 0.29) is 0 Å². The fourth-order valence-electron chi connectivity index (χ4n) is 1.57. The van der Waals surface area contributed by atoms with Crippen molar-refractivity contribution in [2.75, 3.05) is 32.6 Å². The largest absolute Gasteiger partial charge is 0.494 e. The average molecular weight is 221 g/mol. The van der Waals surface area contributed by atoms with Crippen LogP contribution in [0.4, 0.5) is 5.69 Å². The second-order valence-corrected chi connectivity index (χ2v) is 3.32. The summed E-state index contributed by atoms with van der Waals surface area (Å²) in [6.07, 6.45) is 0. The second-order valence-electron chi connectivity index (χ2n) is 3.32. The molecular weight excluding hydrogens is 206 g/mol. The average Bonchev–Trinajstić information content (AvgIpc) is 2.82. The second kappa shape index (κ2) is 4.74. The fraction of sp³-hybridized carbons (Fsp3) is 0.364. The Balaban J connectivity index is 2.28. The van der Waals surface area contributed by atoms with Crippen LogP contribution in [0.25, 0.3) is 0 Å². The van der Waals surface area contributed by atoms with Crippen LogP contribution in [0.5, 0.6) is 11.5 Å². The molecule has 0 unspecified atom stereocenters. The molecule has 0 atom stereocenters. The van der Waals surface area contributed by atoms with E-state index in [2.05, 4.69) is 15.6 Å². The van der Waals surface area contributed by atoms with Gasteiger partial charge in [-0.3, -0.25) is 4.99 Å². The summed E-state index contributed by atoms with van der Waals surface area (Å²) in [5.74, 6) is 2.22. The van der Waals surface area contributed by atoms with Crippen molar-refractivity contribution in [3.63, 3.8) is 0 Å². The Morgan fingerprint density at radius 3 is 2.44 bits per heavy atom. The number of para-hydroxylation sites is 1. The van der Waals surface area contributed by atoms with Gasteiger partial charge >= 0.3 is 0 Å². The number of ether oxygens (including phenoxy) is 2. The molecule has 0 aromatic heterocycles. The highest BCUT2D eigenvalue weighted by atomic mass is 16.5. The SMILES string of the molecule is COc1cccc(OC)c1NC1=NCCN1. The Labute approximate surface area is 94.5 Å². The number of rotatable bonds is 3. The maximum atomic E-state index is 5.27. The number of hydrogen-bond acceptors (Lipinski definition) is 5.